The molecule has 0 aromatic carbocycles. The van der Waals surface area contributed by atoms with Crippen molar-refractivity contribution in [3.05, 3.63) is 0 Å². The van der Waals surface area contributed by atoms with Crippen molar-refractivity contribution in [2.45, 2.75) is 0 Å². The molecule has 6 nitrogen and oxygen atoms in total. The number of hydrogen-bond donors (Lipinski definition) is 0. The summed E-state index contributed by atoms with van der Waals surface area (Å²) in [4.78, 5) is 36.9. The summed E-state index contributed by atoms with van der Waals surface area (Å²) in [5.41, 5.74) is 0. The third kappa shape index (κ3) is 2.05. The van der Waals surface area contributed by atoms with Gasteiger partial charge in [-0.05, 0) is 14.6 Å². The van der Waals surface area contributed by atoms with Crippen LogP contribution in [-0.4, -0.2) is 0 Å². The zero-order chi connectivity index (χ0) is 7.00. The first kappa shape index (κ1) is 8.30. The van der Waals surface area contributed by atoms with Gasteiger partial charge in [0.05, 0.1) is 0 Å². The minimum atomic E-state index is -5.91. The van der Waals surface area contributed by atoms with Crippen LogP contribution < -0.4 is 19.6 Å². The zero-order valence-corrected chi connectivity index (χ0v) is 5.13. The van der Waals surface area contributed by atoms with Crippen molar-refractivity contribution in [2.24, 2.45) is 0 Å². The number of rotatable bonds is 1. The first-order valence-electron chi connectivity index (χ1n) is 1.30. The Morgan fingerprint density at radius 1 is 0.750 bits per heavy atom. The summed E-state index contributed by atoms with van der Waals surface area (Å²) in [5, 5.41) is 0. The first-order valence-corrected chi connectivity index (χ1v) is 5.09. The van der Waals surface area contributed by atoms with E-state index in [1.165, 1.54) is 0 Å². The molecule has 0 radical (unpaired) electrons. The predicted molar refractivity (Wildman–Crippen MR) is 15.2 cm³/mol. The molecule has 0 heterocycles. The van der Waals surface area contributed by atoms with Crippen molar-refractivity contribution < 1.29 is 28.7 Å². The Labute approximate surface area is 44.4 Å². The second-order valence-corrected chi connectivity index (χ2v) is 5.75. The van der Waals surface area contributed by atoms with Gasteiger partial charge < -0.3 is 28.7 Å². The Morgan fingerprint density at radius 2 is 0.875 bits per heavy atom. The summed E-state index contributed by atoms with van der Waals surface area (Å²) in [6, 6.07) is 0. The van der Waals surface area contributed by atoms with Crippen molar-refractivity contribution in [1.29, 1.82) is 0 Å². The summed E-state index contributed by atoms with van der Waals surface area (Å²) in [7, 11) is -11.8. The van der Waals surface area contributed by atoms with Gasteiger partial charge in [0, 0.05) is 0 Å². The van der Waals surface area contributed by atoms with Crippen LogP contribution in [0, 0.1) is 0 Å². The molecule has 0 spiro atoms. The van der Waals surface area contributed by atoms with Crippen LogP contribution in [0.15, 0.2) is 0 Å². The highest BCUT2D eigenvalue weighted by molar-refractivity contribution is 8.23. The minimum absolute atomic E-state index is 5.91. The normalized spacial score (nSPS) is 14.0. The van der Waals surface area contributed by atoms with E-state index in [0.717, 1.165) is 0 Å². The fraction of sp³-hybridized carbons (Fsp3) is 0. The Morgan fingerprint density at radius 3 is 0.875 bits per heavy atom. The molecule has 50 valence electrons. The van der Waals surface area contributed by atoms with E-state index < -0.39 is 14.6 Å². The van der Waals surface area contributed by atoms with E-state index in [9.17, 15) is 28.7 Å². The lowest BCUT2D eigenvalue weighted by atomic mass is 15.8. The molecule has 8 heteroatoms. The van der Waals surface area contributed by atoms with Crippen LogP contribution in [0.25, 0.3) is 0 Å². The van der Waals surface area contributed by atoms with Gasteiger partial charge in [0.25, 0.3) is 0 Å². The molecule has 0 saturated heterocycles. The lowest BCUT2D eigenvalue weighted by Crippen LogP contribution is -2.25. The monoisotopic (exact) mass is 158 g/mol. The molecule has 0 aromatic rings. The Kier molecular flexibility index (Phi) is 1.99. The molecule has 0 aliphatic rings. The average Bonchev–Trinajstić information content (AvgIpc) is 1.25. The van der Waals surface area contributed by atoms with Crippen LogP contribution >= 0.6 is 14.6 Å². The van der Waals surface area contributed by atoms with Gasteiger partial charge in [-0.2, -0.15) is 0 Å². The second kappa shape index (κ2) is 1.92. The molecule has 0 aliphatic carbocycles. The Bertz CT molecular complexity index is 135. The van der Waals surface area contributed by atoms with Gasteiger partial charge in [0.15, 0.2) is 0 Å². The highest BCUT2D eigenvalue weighted by Crippen LogP contribution is 2.58. The summed E-state index contributed by atoms with van der Waals surface area (Å²) < 4.78 is 18.5. The molecule has 0 fully saturated rings. The van der Waals surface area contributed by atoms with Gasteiger partial charge in [-0.25, -0.2) is 0 Å². The predicted octanol–water partition coefficient (Wildman–Crippen LogP) is -3.27. The van der Waals surface area contributed by atoms with Crippen molar-refractivity contribution >= 4 is 14.6 Å². The molecule has 0 aromatic heterocycles. The maximum absolute atomic E-state index is 9.24. The highest BCUT2D eigenvalue weighted by Gasteiger charge is 1.92. The molecule has 0 amide bonds. The highest BCUT2D eigenvalue weighted by atomic mass is 32.1. The van der Waals surface area contributed by atoms with Gasteiger partial charge in [0.2, 0.25) is 0 Å². The Balaban J connectivity index is 4.53. The fourth-order valence-electron chi connectivity index (χ4n) is 0. The maximum atomic E-state index is 9.24. The Hall–Kier alpha value is 0.300. The third-order valence-corrected chi connectivity index (χ3v) is 2.70. The molecule has 0 aliphatic heterocycles. The quantitative estimate of drug-likeness (QED) is 0.368. The van der Waals surface area contributed by atoms with Crippen LogP contribution in [0.3, 0.4) is 0 Å². The van der Waals surface area contributed by atoms with E-state index in [-0.39, 0.29) is 0 Å². The minimum Gasteiger partial charge on any atom is -0.807 e. The fourth-order valence-corrected chi connectivity index (χ4v) is 0. The molecule has 0 atom stereocenters. The molecule has 8 heavy (non-hydrogen) atoms. The summed E-state index contributed by atoms with van der Waals surface area (Å²) in [6.45, 7) is 0. The van der Waals surface area contributed by atoms with Crippen LogP contribution in [0.4, 0.5) is 0 Å². The summed E-state index contributed by atoms with van der Waals surface area (Å²) in [5.74, 6) is 0. The summed E-state index contributed by atoms with van der Waals surface area (Å²) in [6.07, 6.45) is 0. The van der Waals surface area contributed by atoms with E-state index in [1.807, 2.05) is 0 Å². The molecule has 0 saturated carbocycles. The van der Waals surface area contributed by atoms with Crippen molar-refractivity contribution in [3.63, 3.8) is 0 Å². The van der Waals surface area contributed by atoms with Gasteiger partial charge in [-0.1, -0.05) is 0 Å². The topological polar surface area (TPSA) is 126 Å². The second-order valence-electron chi connectivity index (χ2n) is 0.937. The van der Waals surface area contributed by atoms with E-state index in [4.69, 9.17) is 0 Å². The average molecular weight is 158 g/mol. The molecule has 0 bridgehead atoms. The largest absolute Gasteiger partial charge is 0.807 e. The SMILES string of the molecule is O=P([O-])([O-])P(=O)([O-])[O-]. The van der Waals surface area contributed by atoms with Crippen molar-refractivity contribution in [2.75, 3.05) is 0 Å². The van der Waals surface area contributed by atoms with E-state index in [1.54, 1.807) is 0 Å². The zero-order valence-electron chi connectivity index (χ0n) is 3.34. The van der Waals surface area contributed by atoms with E-state index in [0.29, 0.717) is 0 Å². The van der Waals surface area contributed by atoms with Crippen molar-refractivity contribution in [3.8, 4) is 0 Å². The molecular formula is O6P2-4. The van der Waals surface area contributed by atoms with Crippen LogP contribution in [0.1, 0.15) is 0 Å². The lowest BCUT2D eigenvalue weighted by molar-refractivity contribution is -0.346. The standard InChI is InChI=1S/H4O6P2/c1-7(2,3)8(4,5)6/h(H2,1,2,3)(H2,4,5,6)/p-4. The molecular weight excluding hydrogens is 158 g/mol. The van der Waals surface area contributed by atoms with E-state index in [2.05, 4.69) is 0 Å². The van der Waals surface area contributed by atoms with E-state index >= 15 is 0 Å². The van der Waals surface area contributed by atoms with Crippen LogP contribution in [0.5, 0.6) is 0 Å². The molecule has 0 rings (SSSR count). The van der Waals surface area contributed by atoms with Gasteiger partial charge >= 0.3 is 0 Å². The van der Waals surface area contributed by atoms with Crippen molar-refractivity contribution in [1.82, 2.24) is 0 Å². The smallest absolute Gasteiger partial charge is 0.0349 e. The van der Waals surface area contributed by atoms with Crippen LogP contribution in [-0.2, 0) is 9.13 Å². The first-order chi connectivity index (χ1) is 3.25. The summed E-state index contributed by atoms with van der Waals surface area (Å²) >= 11 is 0. The van der Waals surface area contributed by atoms with Gasteiger partial charge in [-0.15, -0.1) is 0 Å². The van der Waals surface area contributed by atoms with Gasteiger partial charge in [-0.3, -0.25) is 0 Å². The molecule has 0 N–H and O–H groups in total. The van der Waals surface area contributed by atoms with Gasteiger partial charge in [0.1, 0.15) is 0 Å². The lowest BCUT2D eigenvalue weighted by Gasteiger charge is -2.47. The number of hydrogen-bond acceptors (Lipinski definition) is 6. The van der Waals surface area contributed by atoms with Crippen LogP contribution in [0.2, 0.25) is 0 Å². The molecule has 0 unspecified atom stereocenters. The third-order valence-electron chi connectivity index (χ3n) is 0.300. The maximum Gasteiger partial charge on any atom is -0.0349 e.